The molecule has 0 aliphatic carbocycles. The van der Waals surface area contributed by atoms with Crippen LogP contribution in [0.3, 0.4) is 0 Å². The fourth-order valence-electron chi connectivity index (χ4n) is 5.76. The summed E-state index contributed by atoms with van der Waals surface area (Å²) in [6, 6.07) is 5.95. The summed E-state index contributed by atoms with van der Waals surface area (Å²) >= 11 is 0. The van der Waals surface area contributed by atoms with Crippen molar-refractivity contribution in [2.45, 2.75) is 157 Å². The van der Waals surface area contributed by atoms with E-state index < -0.39 is 0 Å². The Morgan fingerprint density at radius 2 is 0.810 bits per heavy atom. The van der Waals surface area contributed by atoms with Gasteiger partial charge in [-0.05, 0) is 94.1 Å². The van der Waals surface area contributed by atoms with Crippen molar-refractivity contribution in [3.8, 4) is 0 Å². The van der Waals surface area contributed by atoms with E-state index in [2.05, 4.69) is 58.3 Å². The summed E-state index contributed by atoms with van der Waals surface area (Å²) in [6.45, 7) is 22.5. The third-order valence-corrected chi connectivity index (χ3v) is 8.99. The van der Waals surface area contributed by atoms with Crippen LogP contribution in [0, 0.1) is 0 Å². The average Bonchev–Trinajstić information content (AvgIpc) is 2.98. The van der Waals surface area contributed by atoms with E-state index in [1.165, 1.54) is 77.3 Å². The van der Waals surface area contributed by atoms with Crippen LogP contribution in [0.15, 0.2) is 18.2 Å². The highest BCUT2D eigenvalue weighted by atomic mass is 16.1. The summed E-state index contributed by atoms with van der Waals surface area (Å²) in [5.74, 6) is 0.380. The number of Topliss-reactive ketones (excluding diaryl/α,β-unsaturated/α-hetero) is 2. The van der Waals surface area contributed by atoms with Crippen LogP contribution in [-0.2, 0) is 5.41 Å². The predicted octanol–water partition coefficient (Wildman–Crippen LogP) is 10.3. The first kappa shape index (κ1) is 38.5. The highest BCUT2D eigenvalue weighted by molar-refractivity contribution is 6.01. The first-order chi connectivity index (χ1) is 20.2. The van der Waals surface area contributed by atoms with Gasteiger partial charge in [0, 0.05) is 24.0 Å². The van der Waals surface area contributed by atoms with Gasteiger partial charge in [-0.3, -0.25) is 9.59 Å². The minimum absolute atomic E-state index is 0.0953. The molecular formula is C38H68N2O2. The summed E-state index contributed by atoms with van der Waals surface area (Å²) in [4.78, 5) is 31.3. The van der Waals surface area contributed by atoms with Gasteiger partial charge in [0.15, 0.2) is 11.6 Å². The molecule has 0 heterocycles. The second kappa shape index (κ2) is 22.9. The molecule has 0 unspecified atom stereocenters. The highest BCUT2D eigenvalue weighted by Gasteiger charge is 2.19. The summed E-state index contributed by atoms with van der Waals surface area (Å²) in [6.07, 6.45) is 18.0. The predicted molar refractivity (Wildman–Crippen MR) is 183 cm³/mol. The maximum atomic E-state index is 13.2. The third-order valence-electron chi connectivity index (χ3n) is 8.99. The molecule has 0 radical (unpaired) electrons. The minimum Gasteiger partial charge on any atom is -0.304 e. The van der Waals surface area contributed by atoms with E-state index in [0.717, 1.165) is 68.6 Å². The maximum absolute atomic E-state index is 13.2. The van der Waals surface area contributed by atoms with E-state index in [-0.39, 0.29) is 17.0 Å². The lowest BCUT2D eigenvalue weighted by Crippen LogP contribution is -2.23. The quantitative estimate of drug-likeness (QED) is 0.0802. The van der Waals surface area contributed by atoms with E-state index >= 15 is 0 Å². The van der Waals surface area contributed by atoms with E-state index in [0.29, 0.717) is 12.8 Å². The molecule has 4 heteroatoms. The van der Waals surface area contributed by atoms with Crippen molar-refractivity contribution >= 4 is 11.6 Å². The molecule has 1 aromatic carbocycles. The molecule has 0 bridgehead atoms. The maximum Gasteiger partial charge on any atom is 0.162 e. The van der Waals surface area contributed by atoms with Gasteiger partial charge in [0.2, 0.25) is 0 Å². The molecule has 1 aromatic rings. The standard InChI is InChI=1S/C38H68N2O2/c1-8-39(9-2)28-24-20-16-12-14-18-22-26-36(41)33-30-34(32-35(31-33)38(5,6)7)37(42)27-23-19-15-13-17-21-25-29-40(10-3)11-4/h30-32H,8-29H2,1-7H3. The molecule has 0 saturated carbocycles. The number of unbranched alkanes of at least 4 members (excludes halogenated alkanes) is 12. The highest BCUT2D eigenvalue weighted by Crippen LogP contribution is 2.26. The number of carbonyl (C=O) groups excluding carboxylic acids is 2. The van der Waals surface area contributed by atoms with E-state index in [9.17, 15) is 9.59 Å². The zero-order valence-corrected chi connectivity index (χ0v) is 29.0. The van der Waals surface area contributed by atoms with Crippen molar-refractivity contribution in [1.82, 2.24) is 9.80 Å². The molecule has 0 saturated heterocycles. The Hall–Kier alpha value is -1.52. The fraction of sp³-hybridized carbons (Fsp3) is 0.789. The molecular weight excluding hydrogens is 516 g/mol. The Bertz CT molecular complexity index is 789. The monoisotopic (exact) mass is 585 g/mol. The Balaban J connectivity index is 2.42. The van der Waals surface area contributed by atoms with Gasteiger partial charge in [-0.25, -0.2) is 0 Å². The van der Waals surface area contributed by atoms with Gasteiger partial charge in [0.1, 0.15) is 0 Å². The second-order valence-corrected chi connectivity index (χ2v) is 13.4. The molecule has 0 N–H and O–H groups in total. The van der Waals surface area contributed by atoms with Crippen molar-refractivity contribution in [2.24, 2.45) is 0 Å². The van der Waals surface area contributed by atoms with E-state index in [4.69, 9.17) is 0 Å². The lowest BCUT2D eigenvalue weighted by Gasteiger charge is -2.21. The Morgan fingerprint density at radius 3 is 1.12 bits per heavy atom. The first-order valence-corrected chi connectivity index (χ1v) is 17.8. The molecule has 0 aliphatic heterocycles. The number of hydrogen-bond donors (Lipinski definition) is 0. The number of ketones is 2. The van der Waals surface area contributed by atoms with Gasteiger partial charge in [-0.2, -0.15) is 0 Å². The molecule has 0 amide bonds. The first-order valence-electron chi connectivity index (χ1n) is 17.8. The van der Waals surface area contributed by atoms with Gasteiger partial charge in [0.25, 0.3) is 0 Å². The molecule has 0 aromatic heterocycles. The van der Waals surface area contributed by atoms with Crippen molar-refractivity contribution < 1.29 is 9.59 Å². The Labute approximate surface area is 261 Å². The van der Waals surface area contributed by atoms with Crippen molar-refractivity contribution in [3.63, 3.8) is 0 Å². The molecule has 0 fully saturated rings. The number of rotatable bonds is 26. The largest absolute Gasteiger partial charge is 0.304 e. The SMILES string of the molecule is CCN(CC)CCCCCCCCCC(=O)c1cc(C(=O)CCCCCCCCCN(CC)CC)cc(C(C)(C)C)c1. The number of benzene rings is 1. The number of hydrogen-bond acceptors (Lipinski definition) is 4. The molecule has 4 nitrogen and oxygen atoms in total. The fourth-order valence-corrected chi connectivity index (χ4v) is 5.76. The van der Waals surface area contributed by atoms with Crippen LogP contribution in [0.2, 0.25) is 0 Å². The van der Waals surface area contributed by atoms with Crippen molar-refractivity contribution in [1.29, 1.82) is 0 Å². The molecule has 0 atom stereocenters. The molecule has 242 valence electrons. The van der Waals surface area contributed by atoms with Crippen LogP contribution < -0.4 is 0 Å². The van der Waals surface area contributed by atoms with Gasteiger partial charge in [-0.15, -0.1) is 0 Å². The zero-order valence-electron chi connectivity index (χ0n) is 29.0. The Kier molecular flexibility index (Phi) is 21.0. The van der Waals surface area contributed by atoms with Gasteiger partial charge in [0.05, 0.1) is 0 Å². The minimum atomic E-state index is -0.0953. The van der Waals surface area contributed by atoms with Crippen LogP contribution in [0.4, 0.5) is 0 Å². The van der Waals surface area contributed by atoms with Crippen LogP contribution in [0.25, 0.3) is 0 Å². The molecule has 0 spiro atoms. The summed E-state index contributed by atoms with van der Waals surface area (Å²) < 4.78 is 0. The van der Waals surface area contributed by atoms with E-state index in [1.54, 1.807) is 0 Å². The Morgan fingerprint density at radius 1 is 0.500 bits per heavy atom. The number of carbonyl (C=O) groups is 2. The summed E-state index contributed by atoms with van der Waals surface area (Å²) in [5.41, 5.74) is 2.45. The van der Waals surface area contributed by atoms with Gasteiger partial charge in [-0.1, -0.05) is 113 Å². The molecule has 1 rings (SSSR count). The summed E-state index contributed by atoms with van der Waals surface area (Å²) in [7, 11) is 0. The van der Waals surface area contributed by atoms with Crippen molar-refractivity contribution in [2.75, 3.05) is 39.3 Å². The normalized spacial score (nSPS) is 12.0. The summed E-state index contributed by atoms with van der Waals surface area (Å²) in [5, 5.41) is 0. The zero-order chi connectivity index (χ0) is 31.2. The topological polar surface area (TPSA) is 40.6 Å². The third kappa shape index (κ3) is 16.9. The number of nitrogens with zero attached hydrogens (tertiary/aromatic N) is 2. The van der Waals surface area contributed by atoms with Crippen LogP contribution in [0.1, 0.15) is 177 Å². The lowest BCUT2D eigenvalue weighted by atomic mass is 9.83. The second-order valence-electron chi connectivity index (χ2n) is 13.4. The molecule has 42 heavy (non-hydrogen) atoms. The van der Waals surface area contributed by atoms with Crippen LogP contribution >= 0.6 is 0 Å². The van der Waals surface area contributed by atoms with Gasteiger partial charge >= 0.3 is 0 Å². The lowest BCUT2D eigenvalue weighted by molar-refractivity contribution is 0.0978. The van der Waals surface area contributed by atoms with Crippen LogP contribution in [-0.4, -0.2) is 60.6 Å². The van der Waals surface area contributed by atoms with Gasteiger partial charge < -0.3 is 9.80 Å². The smallest absolute Gasteiger partial charge is 0.162 e. The van der Waals surface area contributed by atoms with E-state index in [1.807, 2.05) is 18.2 Å². The van der Waals surface area contributed by atoms with Crippen molar-refractivity contribution in [3.05, 3.63) is 34.9 Å². The molecule has 0 aliphatic rings. The average molecular weight is 585 g/mol. The van der Waals surface area contributed by atoms with Crippen LogP contribution in [0.5, 0.6) is 0 Å².